The molecule has 8 heteroatoms. The monoisotopic (exact) mass is 325 g/mol. The molecule has 1 fully saturated rings. The maximum Gasteiger partial charge on any atom is 0.254 e. The highest BCUT2D eigenvalue weighted by Crippen LogP contribution is 2.23. The number of piperidine rings is 1. The number of hydrogen-bond acceptors (Lipinski definition) is 7. The van der Waals surface area contributed by atoms with E-state index < -0.39 is 0 Å². The first-order chi connectivity index (χ1) is 11.7. The molecular formula is C16H19N7O. The largest absolute Gasteiger partial charge is 0.473 e. The second-order valence-electron chi connectivity index (χ2n) is 5.97. The number of fused-ring (bicyclic) bond motifs is 1. The Hall–Kier alpha value is -2.77. The Morgan fingerprint density at radius 3 is 2.71 bits per heavy atom. The van der Waals surface area contributed by atoms with Crippen LogP contribution >= 0.6 is 0 Å². The summed E-state index contributed by atoms with van der Waals surface area (Å²) in [5.74, 6) is 3.01. The lowest BCUT2D eigenvalue weighted by Gasteiger charge is -2.33. The molecule has 24 heavy (non-hydrogen) atoms. The Labute approximate surface area is 139 Å². The van der Waals surface area contributed by atoms with Crippen LogP contribution in [0.1, 0.15) is 24.4 Å². The second-order valence-corrected chi connectivity index (χ2v) is 5.97. The van der Waals surface area contributed by atoms with E-state index in [1.165, 1.54) is 0 Å². The fourth-order valence-electron chi connectivity index (χ4n) is 3.01. The van der Waals surface area contributed by atoms with Gasteiger partial charge in [-0.25, -0.2) is 9.97 Å². The topological polar surface area (TPSA) is 81.3 Å². The number of anilines is 1. The zero-order valence-corrected chi connectivity index (χ0v) is 13.8. The summed E-state index contributed by atoms with van der Waals surface area (Å²) >= 11 is 0. The standard InChI is InChI=1S/C16H19N7O/c1-11-9-15(23-16(19-11)20-12(2)21-23)22-7-3-13(4-8-22)24-14-10-17-5-6-18-14/h5-6,9-10,13H,3-4,7-8H2,1-2H3. The average molecular weight is 325 g/mol. The molecule has 124 valence electrons. The lowest BCUT2D eigenvalue weighted by Crippen LogP contribution is -2.39. The Balaban J connectivity index is 1.50. The van der Waals surface area contributed by atoms with E-state index in [9.17, 15) is 0 Å². The zero-order chi connectivity index (χ0) is 16.5. The van der Waals surface area contributed by atoms with Gasteiger partial charge in [-0.05, 0) is 13.8 Å². The molecule has 1 saturated heterocycles. The quantitative estimate of drug-likeness (QED) is 0.723. The van der Waals surface area contributed by atoms with E-state index in [4.69, 9.17) is 4.74 Å². The number of aromatic nitrogens is 6. The first kappa shape index (κ1) is 14.8. The molecule has 0 aliphatic carbocycles. The van der Waals surface area contributed by atoms with Crippen LogP contribution in [0.2, 0.25) is 0 Å². The first-order valence-electron chi connectivity index (χ1n) is 8.08. The Morgan fingerprint density at radius 2 is 1.96 bits per heavy atom. The zero-order valence-electron chi connectivity index (χ0n) is 13.8. The highest BCUT2D eigenvalue weighted by atomic mass is 16.5. The SMILES string of the molecule is Cc1cc(N2CCC(Oc3cnccn3)CC2)n2nc(C)nc2n1. The van der Waals surface area contributed by atoms with E-state index in [-0.39, 0.29) is 6.10 Å². The molecule has 0 aromatic carbocycles. The van der Waals surface area contributed by atoms with Crippen molar-refractivity contribution >= 4 is 11.6 Å². The van der Waals surface area contributed by atoms with Gasteiger partial charge < -0.3 is 9.64 Å². The van der Waals surface area contributed by atoms with Crippen LogP contribution in [-0.2, 0) is 0 Å². The van der Waals surface area contributed by atoms with E-state index in [2.05, 4.69) is 36.0 Å². The molecule has 0 N–H and O–H groups in total. The van der Waals surface area contributed by atoms with Crippen LogP contribution in [0.4, 0.5) is 5.82 Å². The van der Waals surface area contributed by atoms with Crippen LogP contribution < -0.4 is 9.64 Å². The molecule has 0 bridgehead atoms. The number of aryl methyl sites for hydroxylation is 2. The smallest absolute Gasteiger partial charge is 0.254 e. The van der Waals surface area contributed by atoms with Gasteiger partial charge in [-0.3, -0.25) is 4.98 Å². The fourth-order valence-corrected chi connectivity index (χ4v) is 3.01. The predicted octanol–water partition coefficient (Wildman–Crippen LogP) is 1.58. The average Bonchev–Trinajstić information content (AvgIpc) is 2.96. The predicted molar refractivity (Wildman–Crippen MR) is 88.2 cm³/mol. The minimum absolute atomic E-state index is 0.161. The van der Waals surface area contributed by atoms with Crippen molar-refractivity contribution in [1.82, 2.24) is 29.5 Å². The van der Waals surface area contributed by atoms with Crippen molar-refractivity contribution in [2.75, 3.05) is 18.0 Å². The summed E-state index contributed by atoms with van der Waals surface area (Å²) < 4.78 is 7.73. The van der Waals surface area contributed by atoms with E-state index in [1.807, 2.05) is 18.4 Å². The summed E-state index contributed by atoms with van der Waals surface area (Å²) in [5, 5.41) is 4.47. The van der Waals surface area contributed by atoms with Gasteiger partial charge in [-0.2, -0.15) is 9.50 Å². The molecule has 0 saturated carbocycles. The summed E-state index contributed by atoms with van der Waals surface area (Å²) in [6.45, 7) is 5.65. The van der Waals surface area contributed by atoms with Gasteiger partial charge in [0, 0.05) is 50.1 Å². The first-order valence-corrected chi connectivity index (χ1v) is 8.08. The lowest BCUT2D eigenvalue weighted by atomic mass is 10.1. The maximum absolute atomic E-state index is 5.91. The Kier molecular flexibility index (Phi) is 3.72. The number of hydrogen-bond donors (Lipinski definition) is 0. The van der Waals surface area contributed by atoms with Gasteiger partial charge in [-0.15, -0.1) is 5.10 Å². The van der Waals surface area contributed by atoms with Crippen LogP contribution in [0.15, 0.2) is 24.7 Å². The van der Waals surface area contributed by atoms with E-state index in [0.29, 0.717) is 11.7 Å². The van der Waals surface area contributed by atoms with Crippen LogP contribution in [0.5, 0.6) is 5.88 Å². The second kappa shape index (κ2) is 6.03. The van der Waals surface area contributed by atoms with Crippen molar-refractivity contribution in [1.29, 1.82) is 0 Å². The molecule has 0 spiro atoms. The third kappa shape index (κ3) is 2.86. The van der Waals surface area contributed by atoms with Gasteiger partial charge in [0.2, 0.25) is 5.88 Å². The van der Waals surface area contributed by atoms with Gasteiger partial charge in [-0.1, -0.05) is 0 Å². The molecule has 8 nitrogen and oxygen atoms in total. The third-order valence-electron chi connectivity index (χ3n) is 4.12. The van der Waals surface area contributed by atoms with Crippen LogP contribution in [0.25, 0.3) is 5.78 Å². The molecule has 0 radical (unpaired) electrons. The maximum atomic E-state index is 5.91. The molecule has 3 aromatic heterocycles. The van der Waals surface area contributed by atoms with Gasteiger partial charge in [0.25, 0.3) is 5.78 Å². The van der Waals surface area contributed by atoms with Crippen LogP contribution in [0, 0.1) is 13.8 Å². The van der Waals surface area contributed by atoms with Crippen molar-refractivity contribution in [3.05, 3.63) is 36.2 Å². The van der Waals surface area contributed by atoms with Gasteiger partial charge in [0.05, 0.1) is 6.20 Å². The van der Waals surface area contributed by atoms with Crippen molar-refractivity contribution in [2.45, 2.75) is 32.8 Å². The van der Waals surface area contributed by atoms with E-state index in [1.54, 1.807) is 18.6 Å². The summed E-state index contributed by atoms with van der Waals surface area (Å²) in [6.07, 6.45) is 6.95. The van der Waals surface area contributed by atoms with Gasteiger partial charge in [0.1, 0.15) is 17.7 Å². The van der Waals surface area contributed by atoms with Crippen LogP contribution in [0.3, 0.4) is 0 Å². The third-order valence-corrected chi connectivity index (χ3v) is 4.12. The molecular weight excluding hydrogens is 306 g/mol. The molecule has 0 unspecified atom stereocenters. The van der Waals surface area contributed by atoms with Gasteiger partial charge in [0.15, 0.2) is 0 Å². The van der Waals surface area contributed by atoms with Crippen LogP contribution in [-0.4, -0.2) is 48.7 Å². The summed E-state index contributed by atoms with van der Waals surface area (Å²) in [6, 6.07) is 2.06. The number of rotatable bonds is 3. The minimum Gasteiger partial charge on any atom is -0.473 e. The van der Waals surface area contributed by atoms with Crippen molar-refractivity contribution in [3.8, 4) is 5.88 Å². The molecule has 1 aliphatic heterocycles. The summed E-state index contributed by atoms with van der Waals surface area (Å²) in [5.41, 5.74) is 0.947. The molecule has 4 heterocycles. The molecule has 4 rings (SSSR count). The normalized spacial score (nSPS) is 15.8. The van der Waals surface area contributed by atoms with Gasteiger partial charge >= 0.3 is 0 Å². The molecule has 1 aliphatic rings. The van der Waals surface area contributed by atoms with E-state index in [0.717, 1.165) is 43.3 Å². The lowest BCUT2D eigenvalue weighted by molar-refractivity contribution is 0.163. The molecule has 3 aromatic rings. The number of nitrogens with zero attached hydrogens (tertiary/aromatic N) is 7. The number of ether oxygens (including phenoxy) is 1. The fraction of sp³-hybridized carbons (Fsp3) is 0.438. The highest BCUT2D eigenvalue weighted by Gasteiger charge is 2.23. The highest BCUT2D eigenvalue weighted by molar-refractivity contribution is 5.48. The van der Waals surface area contributed by atoms with Crippen molar-refractivity contribution < 1.29 is 4.74 Å². The van der Waals surface area contributed by atoms with Crippen molar-refractivity contribution in [2.24, 2.45) is 0 Å². The van der Waals surface area contributed by atoms with Crippen molar-refractivity contribution in [3.63, 3.8) is 0 Å². The minimum atomic E-state index is 0.161. The Morgan fingerprint density at radius 1 is 1.12 bits per heavy atom. The summed E-state index contributed by atoms with van der Waals surface area (Å²) in [4.78, 5) is 19.3. The molecule has 0 atom stereocenters. The Bertz CT molecular complexity index is 840. The summed E-state index contributed by atoms with van der Waals surface area (Å²) in [7, 11) is 0. The molecule has 0 amide bonds. The van der Waals surface area contributed by atoms with E-state index >= 15 is 0 Å².